The highest BCUT2D eigenvalue weighted by molar-refractivity contribution is 7.89. The highest BCUT2D eigenvalue weighted by Gasteiger charge is 2.24. The van der Waals surface area contributed by atoms with Gasteiger partial charge in [0.1, 0.15) is 6.04 Å². The lowest BCUT2D eigenvalue weighted by Gasteiger charge is -2.13. The molecule has 0 saturated carbocycles. The molecule has 0 saturated heterocycles. The van der Waals surface area contributed by atoms with Gasteiger partial charge < -0.3 is 10.1 Å². The summed E-state index contributed by atoms with van der Waals surface area (Å²) in [6.07, 6.45) is 0. The van der Waals surface area contributed by atoms with Crippen molar-refractivity contribution in [2.75, 3.05) is 11.9 Å². The summed E-state index contributed by atoms with van der Waals surface area (Å²) < 4.78 is 32.2. The summed E-state index contributed by atoms with van der Waals surface area (Å²) in [5.41, 5.74) is 0.436. The predicted molar refractivity (Wildman–Crippen MR) is 105 cm³/mol. The standard InChI is InChI=1S/C17H17ClN2O6S2/c1-10(17(23)26-9-14(22)15-7-8-16(18)27-15)20-28(24,25)13-5-3-12(4-6-13)19-11(2)21/h3-8,10,20H,9H2,1-2H3,(H,19,21). The van der Waals surface area contributed by atoms with Crippen LogP contribution in [0.4, 0.5) is 5.69 Å². The van der Waals surface area contributed by atoms with Crippen molar-refractivity contribution in [2.45, 2.75) is 24.8 Å². The number of carbonyl (C=O) groups excluding carboxylic acids is 3. The van der Waals surface area contributed by atoms with Gasteiger partial charge in [-0.25, -0.2) is 8.42 Å². The first-order chi connectivity index (χ1) is 13.1. The molecule has 1 amide bonds. The molecule has 1 aromatic carbocycles. The Morgan fingerprint density at radius 3 is 2.32 bits per heavy atom. The Balaban J connectivity index is 1.94. The maximum absolute atomic E-state index is 12.4. The summed E-state index contributed by atoms with van der Waals surface area (Å²) in [6.45, 7) is 2.11. The van der Waals surface area contributed by atoms with Gasteiger partial charge in [0.05, 0.1) is 14.1 Å². The first-order valence-electron chi connectivity index (χ1n) is 7.93. The van der Waals surface area contributed by atoms with E-state index < -0.39 is 34.4 Å². The lowest BCUT2D eigenvalue weighted by molar-refractivity contribution is -0.144. The Morgan fingerprint density at radius 2 is 1.79 bits per heavy atom. The van der Waals surface area contributed by atoms with Crippen LogP contribution >= 0.6 is 22.9 Å². The third kappa shape index (κ3) is 6.13. The van der Waals surface area contributed by atoms with E-state index in [0.29, 0.717) is 14.9 Å². The van der Waals surface area contributed by atoms with Crippen molar-refractivity contribution < 1.29 is 27.5 Å². The van der Waals surface area contributed by atoms with Gasteiger partial charge in [0.25, 0.3) is 0 Å². The summed E-state index contributed by atoms with van der Waals surface area (Å²) in [6, 6.07) is 7.27. The summed E-state index contributed by atoms with van der Waals surface area (Å²) in [5, 5.41) is 2.52. The molecule has 0 aliphatic rings. The molecule has 0 fully saturated rings. The molecular weight excluding hydrogens is 428 g/mol. The highest BCUT2D eigenvalue weighted by Crippen LogP contribution is 2.21. The van der Waals surface area contributed by atoms with Crippen LogP contribution in [0.15, 0.2) is 41.3 Å². The van der Waals surface area contributed by atoms with E-state index in [0.717, 1.165) is 11.3 Å². The molecule has 2 aromatic rings. The lowest BCUT2D eigenvalue weighted by atomic mass is 10.3. The van der Waals surface area contributed by atoms with E-state index in [2.05, 4.69) is 10.0 Å². The molecule has 28 heavy (non-hydrogen) atoms. The van der Waals surface area contributed by atoms with Crippen LogP contribution in [0.2, 0.25) is 4.34 Å². The van der Waals surface area contributed by atoms with Crippen LogP contribution in [0.5, 0.6) is 0 Å². The van der Waals surface area contributed by atoms with Crippen molar-refractivity contribution in [1.29, 1.82) is 0 Å². The van der Waals surface area contributed by atoms with Crippen LogP contribution in [-0.2, 0) is 24.3 Å². The van der Waals surface area contributed by atoms with Gasteiger partial charge >= 0.3 is 5.97 Å². The van der Waals surface area contributed by atoms with Crippen molar-refractivity contribution in [1.82, 2.24) is 4.72 Å². The number of Topliss-reactive ketones (excluding diaryl/α,β-unsaturated/α-hetero) is 1. The van der Waals surface area contributed by atoms with Gasteiger partial charge in [-0.05, 0) is 43.3 Å². The van der Waals surface area contributed by atoms with Gasteiger partial charge in [0.2, 0.25) is 21.7 Å². The fourth-order valence-corrected chi connectivity index (χ4v) is 4.23. The number of halogens is 1. The Morgan fingerprint density at radius 1 is 1.14 bits per heavy atom. The summed E-state index contributed by atoms with van der Waals surface area (Å²) in [7, 11) is -4.00. The van der Waals surface area contributed by atoms with Crippen molar-refractivity contribution >= 4 is 56.3 Å². The summed E-state index contributed by atoms with van der Waals surface area (Å²) in [5.74, 6) is -1.62. The number of hydrogen-bond acceptors (Lipinski definition) is 7. The number of nitrogens with one attached hydrogen (secondary N) is 2. The van der Waals surface area contributed by atoms with E-state index >= 15 is 0 Å². The molecular formula is C17H17ClN2O6S2. The van der Waals surface area contributed by atoms with Crippen molar-refractivity contribution in [3.05, 3.63) is 45.6 Å². The number of rotatable bonds is 8. The number of carbonyl (C=O) groups is 3. The zero-order valence-corrected chi connectivity index (χ0v) is 17.3. The monoisotopic (exact) mass is 444 g/mol. The normalized spacial score (nSPS) is 12.2. The molecule has 8 nitrogen and oxygen atoms in total. The minimum absolute atomic E-state index is 0.0921. The molecule has 1 atom stereocenters. The van der Waals surface area contributed by atoms with Gasteiger partial charge in [0, 0.05) is 12.6 Å². The summed E-state index contributed by atoms with van der Waals surface area (Å²) >= 11 is 6.80. The van der Waals surface area contributed by atoms with Crippen LogP contribution in [0, 0.1) is 0 Å². The molecule has 11 heteroatoms. The van der Waals surface area contributed by atoms with E-state index in [-0.39, 0.29) is 10.8 Å². The number of thiophene rings is 1. The Kier molecular flexibility index (Phi) is 7.30. The second kappa shape index (κ2) is 9.28. The zero-order chi connectivity index (χ0) is 20.9. The van der Waals surface area contributed by atoms with Gasteiger partial charge in [-0.1, -0.05) is 11.6 Å². The number of sulfonamides is 1. The highest BCUT2D eigenvalue weighted by atomic mass is 35.5. The minimum atomic E-state index is -4.00. The number of hydrogen-bond donors (Lipinski definition) is 2. The molecule has 2 rings (SSSR count). The van der Waals surface area contributed by atoms with Gasteiger partial charge in [-0.2, -0.15) is 4.72 Å². The second-order valence-electron chi connectivity index (χ2n) is 5.68. The molecule has 1 unspecified atom stereocenters. The van der Waals surface area contributed by atoms with E-state index in [1.54, 1.807) is 6.07 Å². The van der Waals surface area contributed by atoms with Gasteiger partial charge in [-0.3, -0.25) is 14.4 Å². The number of amides is 1. The predicted octanol–water partition coefficient (Wildman–Crippen LogP) is 2.45. The fraction of sp³-hybridized carbons (Fsp3) is 0.235. The van der Waals surface area contributed by atoms with Crippen LogP contribution in [0.25, 0.3) is 0 Å². The van der Waals surface area contributed by atoms with Crippen molar-refractivity contribution in [3.8, 4) is 0 Å². The number of benzene rings is 1. The first-order valence-corrected chi connectivity index (χ1v) is 10.6. The smallest absolute Gasteiger partial charge is 0.324 e. The lowest BCUT2D eigenvalue weighted by Crippen LogP contribution is -2.40. The van der Waals surface area contributed by atoms with E-state index in [1.165, 1.54) is 44.2 Å². The molecule has 0 aliphatic heterocycles. The quantitative estimate of drug-likeness (QED) is 0.477. The maximum Gasteiger partial charge on any atom is 0.324 e. The largest absolute Gasteiger partial charge is 0.456 e. The third-order valence-corrected chi connectivity index (χ3v) is 6.19. The van der Waals surface area contributed by atoms with E-state index in [4.69, 9.17) is 16.3 Å². The minimum Gasteiger partial charge on any atom is -0.456 e. The fourth-order valence-electron chi connectivity index (χ4n) is 2.07. The molecule has 150 valence electrons. The average molecular weight is 445 g/mol. The Bertz CT molecular complexity index is 985. The number of ketones is 1. The Hall–Kier alpha value is -2.27. The number of esters is 1. The average Bonchev–Trinajstić information content (AvgIpc) is 3.05. The van der Waals surface area contributed by atoms with Crippen LogP contribution in [-0.4, -0.2) is 38.7 Å². The molecule has 1 aromatic heterocycles. The van der Waals surface area contributed by atoms with Crippen LogP contribution < -0.4 is 10.0 Å². The van der Waals surface area contributed by atoms with Crippen molar-refractivity contribution in [2.24, 2.45) is 0 Å². The second-order valence-corrected chi connectivity index (χ2v) is 9.11. The van der Waals surface area contributed by atoms with Gasteiger partial charge in [0.15, 0.2) is 6.61 Å². The number of ether oxygens (including phenoxy) is 1. The maximum atomic E-state index is 12.4. The van der Waals surface area contributed by atoms with Crippen molar-refractivity contribution in [3.63, 3.8) is 0 Å². The Labute approximate surface area is 170 Å². The van der Waals surface area contributed by atoms with E-state index in [9.17, 15) is 22.8 Å². The molecule has 0 bridgehead atoms. The van der Waals surface area contributed by atoms with Crippen LogP contribution in [0.1, 0.15) is 23.5 Å². The van der Waals surface area contributed by atoms with Crippen LogP contribution in [0.3, 0.4) is 0 Å². The van der Waals surface area contributed by atoms with E-state index in [1.807, 2.05) is 0 Å². The molecule has 0 radical (unpaired) electrons. The summed E-state index contributed by atoms with van der Waals surface area (Å²) in [4.78, 5) is 35.1. The zero-order valence-electron chi connectivity index (χ0n) is 14.9. The topological polar surface area (TPSA) is 119 Å². The first kappa shape index (κ1) is 22.0. The SMILES string of the molecule is CC(=O)Nc1ccc(S(=O)(=O)NC(C)C(=O)OCC(=O)c2ccc(Cl)s2)cc1. The third-order valence-electron chi connectivity index (χ3n) is 3.36. The molecule has 2 N–H and O–H groups in total. The molecule has 1 heterocycles. The molecule has 0 spiro atoms. The molecule has 0 aliphatic carbocycles. The van der Waals surface area contributed by atoms with Gasteiger partial charge in [-0.15, -0.1) is 11.3 Å². The number of anilines is 1.